The van der Waals surface area contributed by atoms with Crippen molar-refractivity contribution in [2.75, 3.05) is 5.73 Å². The molecule has 0 saturated carbocycles. The van der Waals surface area contributed by atoms with Crippen molar-refractivity contribution < 1.29 is 0 Å². The van der Waals surface area contributed by atoms with Crippen LogP contribution >= 0.6 is 23.1 Å². The smallest absolute Gasteiger partial charge is 0.104 e. The Bertz CT molecular complexity index is 686. The molecule has 0 saturated heterocycles. The molecule has 4 heteroatoms. The summed E-state index contributed by atoms with van der Waals surface area (Å²) in [6.07, 6.45) is 0. The molecule has 96 valence electrons. The van der Waals surface area contributed by atoms with Crippen LogP contribution in [0, 0.1) is 6.92 Å². The van der Waals surface area contributed by atoms with E-state index in [9.17, 15) is 0 Å². The van der Waals surface area contributed by atoms with Crippen LogP contribution < -0.4 is 5.73 Å². The van der Waals surface area contributed by atoms with E-state index in [1.807, 2.05) is 25.1 Å². The molecule has 1 aromatic heterocycles. The van der Waals surface area contributed by atoms with Gasteiger partial charge >= 0.3 is 0 Å². The van der Waals surface area contributed by atoms with Gasteiger partial charge in [-0.15, -0.1) is 23.1 Å². The molecule has 2 aromatic carbocycles. The van der Waals surface area contributed by atoms with Gasteiger partial charge in [0.15, 0.2) is 0 Å². The number of aromatic nitrogens is 1. The molecule has 0 aliphatic rings. The molecule has 0 radical (unpaired) electrons. The molecule has 19 heavy (non-hydrogen) atoms. The van der Waals surface area contributed by atoms with Gasteiger partial charge in [-0.3, -0.25) is 0 Å². The molecule has 0 spiro atoms. The molecule has 0 bridgehead atoms. The highest BCUT2D eigenvalue weighted by Crippen LogP contribution is 2.32. The third kappa shape index (κ3) is 2.60. The number of hydrogen-bond acceptors (Lipinski definition) is 4. The fraction of sp³-hybridized carbons (Fsp3) is 0.133. The summed E-state index contributed by atoms with van der Waals surface area (Å²) < 4.78 is 1.25. The lowest BCUT2D eigenvalue weighted by Gasteiger charge is -2.06. The van der Waals surface area contributed by atoms with Gasteiger partial charge in [0, 0.05) is 10.6 Å². The highest BCUT2D eigenvalue weighted by Gasteiger charge is 2.06. The Labute approximate surface area is 120 Å². The zero-order valence-electron chi connectivity index (χ0n) is 10.6. The van der Waals surface area contributed by atoms with Gasteiger partial charge in [-0.25, -0.2) is 4.98 Å². The predicted molar refractivity (Wildman–Crippen MR) is 84.8 cm³/mol. The molecule has 2 nitrogen and oxygen atoms in total. The third-order valence-corrected chi connectivity index (χ3v) is 5.28. The Hall–Kier alpha value is -1.52. The highest BCUT2D eigenvalue weighted by atomic mass is 32.2. The number of aryl methyl sites for hydroxylation is 1. The first kappa shape index (κ1) is 12.5. The zero-order chi connectivity index (χ0) is 13.2. The number of para-hydroxylation sites is 2. The standard InChI is InChI=1S/C15H14N2S2/c1-10-5-4-8-13(15(10)16)18-9-14-17-11-6-2-3-7-12(11)19-14/h2-8H,9,16H2,1H3. The lowest BCUT2D eigenvalue weighted by Crippen LogP contribution is -1.92. The van der Waals surface area contributed by atoms with Crippen LogP contribution in [0.2, 0.25) is 0 Å². The van der Waals surface area contributed by atoms with Crippen molar-refractivity contribution in [2.24, 2.45) is 0 Å². The van der Waals surface area contributed by atoms with Crippen molar-refractivity contribution in [1.29, 1.82) is 0 Å². The van der Waals surface area contributed by atoms with Crippen molar-refractivity contribution in [2.45, 2.75) is 17.6 Å². The zero-order valence-corrected chi connectivity index (χ0v) is 12.2. The summed E-state index contributed by atoms with van der Waals surface area (Å²) in [5.41, 5.74) is 9.18. The number of nitrogen functional groups attached to an aromatic ring is 1. The van der Waals surface area contributed by atoms with Crippen LogP contribution in [0.25, 0.3) is 10.2 Å². The van der Waals surface area contributed by atoms with Crippen LogP contribution in [-0.4, -0.2) is 4.98 Å². The van der Waals surface area contributed by atoms with Gasteiger partial charge in [0.2, 0.25) is 0 Å². The summed E-state index contributed by atoms with van der Waals surface area (Å²) in [7, 11) is 0. The van der Waals surface area contributed by atoms with Gasteiger partial charge in [0.1, 0.15) is 5.01 Å². The van der Waals surface area contributed by atoms with E-state index in [-0.39, 0.29) is 0 Å². The van der Waals surface area contributed by atoms with Gasteiger partial charge in [0.05, 0.1) is 16.0 Å². The van der Waals surface area contributed by atoms with Gasteiger partial charge < -0.3 is 5.73 Å². The molecule has 0 amide bonds. The molecule has 0 atom stereocenters. The number of nitrogens with two attached hydrogens (primary N) is 1. The van der Waals surface area contributed by atoms with Gasteiger partial charge in [-0.05, 0) is 30.7 Å². The Balaban J connectivity index is 1.80. The molecule has 0 aliphatic carbocycles. The first-order chi connectivity index (χ1) is 9.24. The summed E-state index contributed by atoms with van der Waals surface area (Å²) in [4.78, 5) is 5.77. The number of thioether (sulfide) groups is 1. The minimum Gasteiger partial charge on any atom is -0.398 e. The maximum absolute atomic E-state index is 6.08. The van der Waals surface area contributed by atoms with E-state index in [1.165, 1.54) is 4.70 Å². The predicted octanol–water partition coefficient (Wildman–Crippen LogP) is 4.48. The maximum Gasteiger partial charge on any atom is 0.104 e. The molecule has 0 fully saturated rings. The van der Waals surface area contributed by atoms with Crippen molar-refractivity contribution >= 4 is 39.0 Å². The SMILES string of the molecule is Cc1cccc(SCc2nc3ccccc3s2)c1N. The quantitative estimate of drug-likeness (QED) is 0.570. The number of thiazole rings is 1. The average molecular weight is 286 g/mol. The summed E-state index contributed by atoms with van der Waals surface area (Å²) in [6.45, 7) is 2.04. The van der Waals surface area contributed by atoms with Gasteiger partial charge in [0.25, 0.3) is 0 Å². The first-order valence-electron chi connectivity index (χ1n) is 6.06. The van der Waals surface area contributed by atoms with Crippen LogP contribution in [0.1, 0.15) is 10.6 Å². The second kappa shape index (κ2) is 5.23. The van der Waals surface area contributed by atoms with E-state index in [0.717, 1.165) is 32.4 Å². The van der Waals surface area contributed by atoms with E-state index in [4.69, 9.17) is 5.73 Å². The minimum absolute atomic E-state index is 0.868. The number of hydrogen-bond donors (Lipinski definition) is 1. The van der Waals surface area contributed by atoms with E-state index in [2.05, 4.69) is 29.2 Å². The van der Waals surface area contributed by atoms with Crippen molar-refractivity contribution in [3.63, 3.8) is 0 Å². The second-order valence-corrected chi connectivity index (χ2v) is 6.48. The fourth-order valence-corrected chi connectivity index (χ4v) is 3.91. The van der Waals surface area contributed by atoms with E-state index < -0.39 is 0 Å². The Morgan fingerprint density at radius 1 is 1.16 bits per heavy atom. The fourth-order valence-electron chi connectivity index (χ4n) is 1.90. The molecule has 3 aromatic rings. The van der Waals surface area contributed by atoms with E-state index >= 15 is 0 Å². The third-order valence-electron chi connectivity index (χ3n) is 2.97. The van der Waals surface area contributed by atoms with Crippen molar-refractivity contribution in [3.05, 3.63) is 53.0 Å². The molecule has 0 unspecified atom stereocenters. The van der Waals surface area contributed by atoms with Crippen LogP contribution in [0.15, 0.2) is 47.4 Å². The normalized spacial score (nSPS) is 11.0. The first-order valence-corrected chi connectivity index (χ1v) is 7.86. The van der Waals surface area contributed by atoms with E-state index in [1.54, 1.807) is 23.1 Å². The number of fused-ring (bicyclic) bond motifs is 1. The number of rotatable bonds is 3. The summed E-state index contributed by atoms with van der Waals surface area (Å²) in [6, 6.07) is 14.4. The number of anilines is 1. The average Bonchev–Trinajstić information content (AvgIpc) is 2.83. The van der Waals surface area contributed by atoms with Crippen molar-refractivity contribution in [3.8, 4) is 0 Å². The van der Waals surface area contributed by atoms with Crippen LogP contribution in [0.4, 0.5) is 5.69 Å². The summed E-state index contributed by atoms with van der Waals surface area (Å²) >= 11 is 3.51. The maximum atomic E-state index is 6.08. The Morgan fingerprint density at radius 3 is 2.84 bits per heavy atom. The lowest BCUT2D eigenvalue weighted by molar-refractivity contribution is 1.29. The number of benzene rings is 2. The van der Waals surface area contributed by atoms with Crippen molar-refractivity contribution in [1.82, 2.24) is 4.98 Å². The van der Waals surface area contributed by atoms with Crippen LogP contribution in [0.5, 0.6) is 0 Å². The molecule has 0 aliphatic heterocycles. The van der Waals surface area contributed by atoms with Crippen LogP contribution in [0.3, 0.4) is 0 Å². The Morgan fingerprint density at radius 2 is 2.00 bits per heavy atom. The minimum atomic E-state index is 0.868. The summed E-state index contributed by atoms with van der Waals surface area (Å²) in [5.74, 6) is 0.868. The monoisotopic (exact) mass is 286 g/mol. The van der Waals surface area contributed by atoms with Crippen LogP contribution in [-0.2, 0) is 5.75 Å². The van der Waals surface area contributed by atoms with E-state index in [0.29, 0.717) is 0 Å². The molecule has 3 rings (SSSR count). The highest BCUT2D eigenvalue weighted by molar-refractivity contribution is 7.98. The topological polar surface area (TPSA) is 38.9 Å². The summed E-state index contributed by atoms with van der Waals surface area (Å²) in [5, 5.41) is 1.15. The molecule has 1 heterocycles. The van der Waals surface area contributed by atoms with Gasteiger partial charge in [-0.1, -0.05) is 24.3 Å². The molecular formula is C15H14N2S2. The number of nitrogens with zero attached hydrogens (tertiary/aromatic N) is 1. The second-order valence-electron chi connectivity index (χ2n) is 4.35. The largest absolute Gasteiger partial charge is 0.398 e. The Kier molecular flexibility index (Phi) is 3.44. The molecular weight excluding hydrogens is 272 g/mol. The van der Waals surface area contributed by atoms with Gasteiger partial charge in [-0.2, -0.15) is 0 Å². The molecule has 2 N–H and O–H groups in total. The lowest BCUT2D eigenvalue weighted by atomic mass is 10.2.